The van der Waals surface area contributed by atoms with Crippen LogP contribution in [0.1, 0.15) is 29.9 Å². The van der Waals surface area contributed by atoms with Gasteiger partial charge in [-0.25, -0.2) is 9.18 Å². The third-order valence-electron chi connectivity index (χ3n) is 5.41. The fraction of sp³-hybridized carbons (Fsp3) is 0.318. The van der Waals surface area contributed by atoms with Crippen LogP contribution < -0.4 is 0 Å². The molecule has 0 spiro atoms. The zero-order valence-corrected chi connectivity index (χ0v) is 14.5. The zero-order valence-electron chi connectivity index (χ0n) is 14.5. The van der Waals surface area contributed by atoms with E-state index in [2.05, 4.69) is 30.2 Å². The molecule has 2 aliphatic rings. The summed E-state index contributed by atoms with van der Waals surface area (Å²) in [4.78, 5) is 14.0. The molecule has 1 aliphatic carbocycles. The van der Waals surface area contributed by atoms with Gasteiger partial charge in [-0.15, -0.1) is 6.42 Å². The molecule has 1 amide bonds. The molecule has 0 aromatic heterocycles. The lowest BCUT2D eigenvalue weighted by Gasteiger charge is -2.33. The van der Waals surface area contributed by atoms with Gasteiger partial charge in [0.1, 0.15) is 6.61 Å². The normalized spacial score (nSPS) is 17.9. The molecule has 0 radical (unpaired) electrons. The molecule has 0 atom stereocenters. The fourth-order valence-corrected chi connectivity index (χ4v) is 3.87. The van der Waals surface area contributed by atoms with Crippen molar-refractivity contribution >= 4 is 6.09 Å². The monoisotopic (exact) mass is 349 g/mol. The highest BCUT2D eigenvalue weighted by Gasteiger charge is 2.35. The predicted molar refractivity (Wildman–Crippen MR) is 98.5 cm³/mol. The molecule has 1 saturated heterocycles. The largest absolute Gasteiger partial charge is 0.448 e. The topological polar surface area (TPSA) is 29.5 Å². The summed E-state index contributed by atoms with van der Waals surface area (Å²) in [5, 5.41) is 0. The highest BCUT2D eigenvalue weighted by atomic mass is 19.1. The van der Waals surface area contributed by atoms with E-state index in [9.17, 15) is 9.18 Å². The van der Waals surface area contributed by atoms with Crippen LogP contribution in [0.3, 0.4) is 0 Å². The predicted octanol–water partition coefficient (Wildman–Crippen LogP) is 4.37. The summed E-state index contributed by atoms with van der Waals surface area (Å²) >= 11 is 0. The maximum Gasteiger partial charge on any atom is 0.409 e. The lowest BCUT2D eigenvalue weighted by molar-refractivity contribution is 0.0660. The van der Waals surface area contributed by atoms with Crippen LogP contribution >= 0.6 is 0 Å². The average Bonchev–Trinajstić information content (AvgIpc) is 3.01. The summed E-state index contributed by atoms with van der Waals surface area (Å²) in [6, 6.07) is 16.4. The quantitative estimate of drug-likeness (QED) is 0.754. The van der Waals surface area contributed by atoms with Crippen LogP contribution in [-0.2, 0) is 4.74 Å². The van der Waals surface area contributed by atoms with Crippen LogP contribution in [0.5, 0.6) is 0 Å². The van der Waals surface area contributed by atoms with Gasteiger partial charge in [0.15, 0.2) is 5.67 Å². The van der Waals surface area contributed by atoms with Crippen molar-refractivity contribution in [1.29, 1.82) is 0 Å². The van der Waals surface area contributed by atoms with Crippen molar-refractivity contribution < 1.29 is 13.9 Å². The second-order valence-corrected chi connectivity index (χ2v) is 6.90. The Kier molecular flexibility index (Phi) is 4.16. The van der Waals surface area contributed by atoms with Crippen molar-refractivity contribution in [2.45, 2.75) is 24.4 Å². The van der Waals surface area contributed by atoms with Gasteiger partial charge in [-0.2, -0.15) is 0 Å². The van der Waals surface area contributed by atoms with E-state index < -0.39 is 11.8 Å². The first kappa shape index (κ1) is 16.7. The summed E-state index contributed by atoms with van der Waals surface area (Å²) in [7, 11) is 0. The average molecular weight is 349 g/mol. The van der Waals surface area contributed by atoms with Crippen molar-refractivity contribution in [2.24, 2.45) is 0 Å². The number of carbonyl (C=O) groups excluding carboxylic acids is 1. The van der Waals surface area contributed by atoms with Crippen LogP contribution in [-0.4, -0.2) is 36.4 Å². The minimum Gasteiger partial charge on any atom is -0.448 e. The molecule has 26 heavy (non-hydrogen) atoms. The number of rotatable bonds is 2. The molecule has 3 nitrogen and oxygen atoms in total. The number of amides is 1. The minimum absolute atomic E-state index is 0.0297. The van der Waals surface area contributed by atoms with Gasteiger partial charge in [0, 0.05) is 31.8 Å². The van der Waals surface area contributed by atoms with E-state index in [-0.39, 0.29) is 38.5 Å². The molecule has 1 fully saturated rings. The van der Waals surface area contributed by atoms with E-state index in [1.165, 1.54) is 22.3 Å². The maximum atomic E-state index is 14.1. The number of piperidine rings is 1. The highest BCUT2D eigenvalue weighted by molar-refractivity contribution is 5.79. The zero-order chi connectivity index (χ0) is 18.1. The van der Waals surface area contributed by atoms with Gasteiger partial charge in [0.2, 0.25) is 0 Å². The molecule has 2 aromatic rings. The lowest BCUT2D eigenvalue weighted by atomic mass is 9.95. The number of fused-ring (bicyclic) bond motifs is 3. The number of benzene rings is 2. The number of likely N-dealkylation sites (tertiary alicyclic amines) is 1. The summed E-state index contributed by atoms with van der Waals surface area (Å²) in [6.45, 7) is 0.855. The number of nitrogens with zero attached hydrogens (tertiary/aromatic N) is 1. The molecule has 132 valence electrons. The van der Waals surface area contributed by atoms with Crippen molar-refractivity contribution in [3.63, 3.8) is 0 Å². The van der Waals surface area contributed by atoms with Crippen LogP contribution in [0.25, 0.3) is 11.1 Å². The molecule has 1 heterocycles. The smallest absolute Gasteiger partial charge is 0.409 e. The van der Waals surface area contributed by atoms with E-state index in [0.29, 0.717) is 0 Å². The maximum absolute atomic E-state index is 14.1. The molecule has 0 saturated carbocycles. The Morgan fingerprint density at radius 3 is 2.19 bits per heavy atom. The van der Waals surface area contributed by atoms with Crippen LogP contribution in [0.15, 0.2) is 48.5 Å². The first-order chi connectivity index (χ1) is 12.6. The number of carbonyl (C=O) groups is 1. The standard InChI is InChI=1S/C22H20FNO2/c1-2-22(23)11-13-24(14-12-22)21(25)26-15-20-18-9-5-3-7-16(18)17-8-4-6-10-19(17)20/h1,3-10,20H,11-15H2. The summed E-state index contributed by atoms with van der Waals surface area (Å²) < 4.78 is 19.7. The first-order valence-electron chi connectivity index (χ1n) is 8.88. The Bertz CT molecular complexity index is 832. The Balaban J connectivity index is 1.46. The molecule has 0 N–H and O–H groups in total. The number of halogens is 1. The third-order valence-corrected chi connectivity index (χ3v) is 5.41. The van der Waals surface area contributed by atoms with E-state index in [1.807, 2.05) is 24.3 Å². The Morgan fingerprint density at radius 1 is 1.12 bits per heavy atom. The van der Waals surface area contributed by atoms with Gasteiger partial charge in [0.25, 0.3) is 0 Å². The molecule has 0 unspecified atom stereocenters. The summed E-state index contributed by atoms with van der Waals surface area (Å²) in [5.74, 6) is 2.22. The van der Waals surface area contributed by atoms with Crippen molar-refractivity contribution in [3.8, 4) is 23.5 Å². The molecular weight excluding hydrogens is 329 g/mol. The van der Waals surface area contributed by atoms with Gasteiger partial charge in [-0.05, 0) is 22.3 Å². The number of terminal acetylenes is 1. The van der Waals surface area contributed by atoms with Crippen molar-refractivity contribution in [3.05, 3.63) is 59.7 Å². The molecule has 0 bridgehead atoms. The van der Waals surface area contributed by atoms with Gasteiger partial charge in [-0.3, -0.25) is 0 Å². The van der Waals surface area contributed by atoms with E-state index in [4.69, 9.17) is 11.2 Å². The second-order valence-electron chi connectivity index (χ2n) is 6.90. The van der Waals surface area contributed by atoms with Crippen LogP contribution in [0.4, 0.5) is 9.18 Å². The SMILES string of the molecule is C#CC1(F)CCN(C(=O)OCC2c3ccccc3-c3ccccc32)CC1. The van der Waals surface area contributed by atoms with Crippen molar-refractivity contribution in [1.82, 2.24) is 4.90 Å². The van der Waals surface area contributed by atoms with Crippen molar-refractivity contribution in [2.75, 3.05) is 19.7 Å². The van der Waals surface area contributed by atoms with Gasteiger partial charge in [0.05, 0.1) is 0 Å². The first-order valence-corrected chi connectivity index (χ1v) is 8.88. The van der Waals surface area contributed by atoms with Crippen LogP contribution in [0, 0.1) is 12.3 Å². The Morgan fingerprint density at radius 2 is 1.65 bits per heavy atom. The van der Waals surface area contributed by atoms with Gasteiger partial charge >= 0.3 is 6.09 Å². The van der Waals surface area contributed by atoms with E-state index in [1.54, 1.807) is 4.90 Å². The van der Waals surface area contributed by atoms with Crippen LogP contribution in [0.2, 0.25) is 0 Å². The third kappa shape index (κ3) is 2.84. The molecule has 2 aromatic carbocycles. The lowest BCUT2D eigenvalue weighted by Crippen LogP contribution is -2.44. The second kappa shape index (κ2) is 6.49. The molecule has 4 heteroatoms. The number of ether oxygens (including phenoxy) is 1. The molecule has 4 rings (SSSR count). The Labute approximate surface area is 152 Å². The highest BCUT2D eigenvalue weighted by Crippen LogP contribution is 2.44. The molecular formula is C22H20FNO2. The number of hydrogen-bond acceptors (Lipinski definition) is 2. The number of hydrogen-bond donors (Lipinski definition) is 0. The Hall–Kier alpha value is -2.80. The number of alkyl halides is 1. The van der Waals surface area contributed by atoms with E-state index in [0.717, 1.165) is 0 Å². The van der Waals surface area contributed by atoms with Gasteiger partial charge < -0.3 is 9.64 Å². The van der Waals surface area contributed by atoms with Gasteiger partial charge in [-0.1, -0.05) is 54.5 Å². The molecule has 1 aliphatic heterocycles. The fourth-order valence-electron chi connectivity index (χ4n) is 3.87. The summed E-state index contributed by atoms with van der Waals surface area (Å²) in [5.41, 5.74) is 3.14. The summed E-state index contributed by atoms with van der Waals surface area (Å²) in [6.07, 6.45) is 5.15. The van der Waals surface area contributed by atoms with E-state index >= 15 is 0 Å². The minimum atomic E-state index is -1.60.